The molecule has 188 valence electrons. The highest BCUT2D eigenvalue weighted by Gasteiger charge is 2.42. The summed E-state index contributed by atoms with van der Waals surface area (Å²) < 4.78 is 25.6. The standard InChI is InChI=1S/C33H28NO4/c1-34-18-27-23(15-16-28-32(27)38-19-37-28)25-14-13-24-26(31(25)34)17-29(35-2)33(36-3)30(24)22-11-9-21(10-12-22)20-7-5-4-6-8-20/h4-18,25,31H,19H2,1-3H3/q+1. The smallest absolute Gasteiger partial charge is 0.231 e. The summed E-state index contributed by atoms with van der Waals surface area (Å²) in [7, 11) is 5.54. The minimum atomic E-state index is 0.102. The Balaban J connectivity index is 1.39. The van der Waals surface area contributed by atoms with Gasteiger partial charge in [0.05, 0.1) is 25.7 Å². The third-order valence-corrected chi connectivity index (χ3v) is 7.89. The summed E-state index contributed by atoms with van der Waals surface area (Å²) in [6, 6.07) is 25.6. The molecule has 3 aliphatic rings. The normalized spacial score (nSPS) is 18.2. The molecule has 0 fully saturated rings. The predicted molar refractivity (Wildman–Crippen MR) is 149 cm³/mol. The molecular weight excluding hydrogens is 474 g/mol. The van der Waals surface area contributed by atoms with Gasteiger partial charge in [-0.2, -0.15) is 0 Å². The van der Waals surface area contributed by atoms with E-state index < -0.39 is 0 Å². The second kappa shape index (κ2) is 8.80. The van der Waals surface area contributed by atoms with Crippen molar-refractivity contribution >= 4 is 12.3 Å². The largest absolute Gasteiger partial charge is 0.493 e. The monoisotopic (exact) mass is 502 g/mol. The maximum absolute atomic E-state index is 5.96. The first-order valence-electron chi connectivity index (χ1n) is 12.8. The Morgan fingerprint density at radius 1 is 0.789 bits per heavy atom. The molecule has 7 rings (SSSR count). The molecule has 0 saturated carbocycles. The summed E-state index contributed by atoms with van der Waals surface area (Å²) >= 11 is 0. The third kappa shape index (κ3) is 3.35. The summed E-state index contributed by atoms with van der Waals surface area (Å²) in [5.41, 5.74) is 9.20. The van der Waals surface area contributed by atoms with Crippen LogP contribution < -0.4 is 18.9 Å². The van der Waals surface area contributed by atoms with Crippen molar-refractivity contribution < 1.29 is 23.5 Å². The van der Waals surface area contributed by atoms with Crippen LogP contribution in [0.25, 0.3) is 28.3 Å². The van der Waals surface area contributed by atoms with Crippen LogP contribution in [0.2, 0.25) is 0 Å². The van der Waals surface area contributed by atoms with E-state index in [-0.39, 0.29) is 18.8 Å². The number of ether oxygens (including phenoxy) is 4. The van der Waals surface area contributed by atoms with Crippen molar-refractivity contribution in [2.24, 2.45) is 0 Å². The Labute approximate surface area is 222 Å². The minimum absolute atomic E-state index is 0.102. The second-order valence-corrected chi connectivity index (χ2v) is 9.86. The molecule has 5 nitrogen and oxygen atoms in total. The Morgan fingerprint density at radius 3 is 2.32 bits per heavy atom. The quantitative estimate of drug-likeness (QED) is 0.292. The first kappa shape index (κ1) is 22.7. The Bertz CT molecular complexity index is 1620. The van der Waals surface area contributed by atoms with Gasteiger partial charge < -0.3 is 18.9 Å². The maximum Gasteiger partial charge on any atom is 0.231 e. The van der Waals surface area contributed by atoms with E-state index in [4.69, 9.17) is 18.9 Å². The molecule has 4 aromatic carbocycles. The molecule has 5 heteroatoms. The molecule has 0 radical (unpaired) electrons. The fourth-order valence-corrected chi connectivity index (χ4v) is 6.16. The molecule has 0 aromatic heterocycles. The first-order chi connectivity index (χ1) is 18.7. The molecule has 2 aliphatic heterocycles. The molecule has 1 aliphatic carbocycles. The van der Waals surface area contributed by atoms with E-state index in [9.17, 15) is 0 Å². The summed E-state index contributed by atoms with van der Waals surface area (Å²) in [6.45, 7) is 0.263. The second-order valence-electron chi connectivity index (χ2n) is 9.86. The third-order valence-electron chi connectivity index (χ3n) is 7.89. The number of benzene rings is 4. The van der Waals surface area contributed by atoms with Crippen molar-refractivity contribution in [2.45, 2.75) is 12.0 Å². The zero-order valence-electron chi connectivity index (χ0n) is 21.6. The number of methoxy groups -OCH3 is 2. The van der Waals surface area contributed by atoms with Crippen LogP contribution in [0.1, 0.15) is 34.2 Å². The molecule has 2 unspecified atom stereocenters. The van der Waals surface area contributed by atoms with E-state index in [0.29, 0.717) is 0 Å². The van der Waals surface area contributed by atoms with Crippen molar-refractivity contribution in [3.05, 3.63) is 101 Å². The molecule has 0 spiro atoms. The Hall–Kier alpha value is -4.51. The number of nitrogens with zero attached hydrogens (tertiary/aromatic N) is 1. The number of hydrogen-bond donors (Lipinski definition) is 0. The van der Waals surface area contributed by atoms with Crippen LogP contribution in [0.3, 0.4) is 0 Å². The Morgan fingerprint density at radius 2 is 1.55 bits per heavy atom. The average Bonchev–Trinajstić information content (AvgIpc) is 3.46. The van der Waals surface area contributed by atoms with Gasteiger partial charge in [-0.25, -0.2) is 4.58 Å². The van der Waals surface area contributed by atoms with E-state index in [0.717, 1.165) is 45.3 Å². The fourth-order valence-electron chi connectivity index (χ4n) is 6.16. The number of hydrogen-bond acceptors (Lipinski definition) is 4. The lowest BCUT2D eigenvalue weighted by Crippen LogP contribution is -2.30. The lowest BCUT2D eigenvalue weighted by molar-refractivity contribution is -0.544. The number of rotatable bonds is 4. The minimum Gasteiger partial charge on any atom is -0.493 e. The van der Waals surface area contributed by atoms with Crippen molar-refractivity contribution in [1.82, 2.24) is 0 Å². The zero-order valence-corrected chi connectivity index (χ0v) is 21.6. The van der Waals surface area contributed by atoms with Crippen molar-refractivity contribution in [3.63, 3.8) is 0 Å². The lowest BCUT2D eigenvalue weighted by atomic mass is 9.75. The maximum atomic E-state index is 5.96. The van der Waals surface area contributed by atoms with Crippen LogP contribution in [0.15, 0.2) is 78.9 Å². The highest BCUT2D eigenvalue weighted by Crippen LogP contribution is 2.53. The molecule has 0 N–H and O–H groups in total. The van der Waals surface area contributed by atoms with Gasteiger partial charge in [0.1, 0.15) is 7.05 Å². The van der Waals surface area contributed by atoms with E-state index in [1.165, 1.54) is 22.3 Å². The summed E-state index contributed by atoms with van der Waals surface area (Å²) in [5, 5.41) is 0. The molecule has 38 heavy (non-hydrogen) atoms. The van der Waals surface area contributed by atoms with Gasteiger partial charge in [-0.05, 0) is 39.9 Å². The molecule has 0 amide bonds. The predicted octanol–water partition coefficient (Wildman–Crippen LogP) is 6.69. The van der Waals surface area contributed by atoms with Gasteiger partial charge in [-0.3, -0.25) is 0 Å². The summed E-state index contributed by atoms with van der Waals surface area (Å²) in [4.78, 5) is 0. The van der Waals surface area contributed by atoms with E-state index in [1.54, 1.807) is 14.2 Å². The van der Waals surface area contributed by atoms with Gasteiger partial charge in [-0.15, -0.1) is 0 Å². The number of likely N-dealkylation sites (N-methyl/N-ethyl adjacent to an activating group) is 1. The van der Waals surface area contributed by atoms with Gasteiger partial charge in [0.25, 0.3) is 0 Å². The van der Waals surface area contributed by atoms with Gasteiger partial charge in [-0.1, -0.05) is 72.8 Å². The Kier molecular flexibility index (Phi) is 5.25. The first-order valence-corrected chi connectivity index (χ1v) is 12.8. The number of fused-ring (bicyclic) bond motifs is 7. The van der Waals surface area contributed by atoms with Crippen LogP contribution in [-0.2, 0) is 0 Å². The van der Waals surface area contributed by atoms with Crippen LogP contribution in [0.5, 0.6) is 23.0 Å². The van der Waals surface area contributed by atoms with Crippen molar-refractivity contribution in [1.29, 1.82) is 0 Å². The van der Waals surface area contributed by atoms with Gasteiger partial charge >= 0.3 is 0 Å². The zero-order chi connectivity index (χ0) is 25.8. The lowest BCUT2D eigenvalue weighted by Gasteiger charge is -2.32. The molecular formula is C33H28NO4+. The van der Waals surface area contributed by atoms with E-state index in [2.05, 4.69) is 90.7 Å². The molecule has 0 bridgehead atoms. The SMILES string of the molecule is COc1cc2c(c(-c3ccc(-c4ccccc4)cc3)c1OC)C=CC1c3ccc4c(c3C=[N+](C)C21)OCO4. The molecule has 4 aromatic rings. The summed E-state index contributed by atoms with van der Waals surface area (Å²) in [5.74, 6) is 3.27. The van der Waals surface area contributed by atoms with Crippen LogP contribution in [-0.4, -0.2) is 38.9 Å². The van der Waals surface area contributed by atoms with Gasteiger partial charge in [0.15, 0.2) is 35.3 Å². The summed E-state index contributed by atoms with van der Waals surface area (Å²) in [6.07, 6.45) is 6.73. The topological polar surface area (TPSA) is 39.9 Å². The highest BCUT2D eigenvalue weighted by molar-refractivity contribution is 5.90. The van der Waals surface area contributed by atoms with Gasteiger partial charge in [0, 0.05) is 11.1 Å². The fraction of sp³-hybridized carbons (Fsp3) is 0.182. The van der Waals surface area contributed by atoms with Gasteiger partial charge in [0.2, 0.25) is 6.79 Å². The van der Waals surface area contributed by atoms with Crippen LogP contribution >= 0.6 is 0 Å². The van der Waals surface area contributed by atoms with Crippen LogP contribution in [0, 0.1) is 0 Å². The van der Waals surface area contributed by atoms with Crippen LogP contribution in [0.4, 0.5) is 0 Å². The van der Waals surface area contributed by atoms with E-state index in [1.807, 2.05) is 12.1 Å². The highest BCUT2D eigenvalue weighted by atomic mass is 16.7. The average molecular weight is 503 g/mol. The van der Waals surface area contributed by atoms with Crippen molar-refractivity contribution in [3.8, 4) is 45.3 Å². The van der Waals surface area contributed by atoms with E-state index >= 15 is 0 Å². The molecule has 2 heterocycles. The molecule has 0 saturated heterocycles. The van der Waals surface area contributed by atoms with Crippen molar-refractivity contribution in [2.75, 3.05) is 28.1 Å². The molecule has 2 atom stereocenters.